The maximum atomic E-state index is 11.9. The van der Waals surface area contributed by atoms with Gasteiger partial charge in [0, 0.05) is 12.0 Å². The Balaban J connectivity index is 1.88. The van der Waals surface area contributed by atoms with Crippen LogP contribution in [0.3, 0.4) is 0 Å². The molecule has 0 atom stereocenters. The topological polar surface area (TPSA) is 43.4 Å². The summed E-state index contributed by atoms with van der Waals surface area (Å²) in [6, 6.07) is 8.91. The summed E-state index contributed by atoms with van der Waals surface area (Å²) < 4.78 is 5.05. The number of hydrogen-bond acceptors (Lipinski definition) is 3. The third-order valence-corrected chi connectivity index (χ3v) is 5.12. The number of hydrogen-bond donors (Lipinski definition) is 0. The van der Waals surface area contributed by atoms with Crippen LogP contribution in [0.4, 0.5) is 0 Å². The second-order valence-electron chi connectivity index (χ2n) is 7.78. The van der Waals surface area contributed by atoms with Gasteiger partial charge in [0.2, 0.25) is 0 Å². The first-order valence-electron chi connectivity index (χ1n) is 11.6. The minimum Gasteiger partial charge on any atom is -0.457 e. The molecule has 1 aromatic carbocycles. The van der Waals surface area contributed by atoms with Crippen molar-refractivity contribution >= 4 is 11.8 Å². The van der Waals surface area contributed by atoms with E-state index in [0.717, 1.165) is 6.42 Å². The van der Waals surface area contributed by atoms with E-state index >= 15 is 0 Å². The lowest BCUT2D eigenvalue weighted by Crippen LogP contribution is -2.13. The summed E-state index contributed by atoms with van der Waals surface area (Å²) in [6.07, 6.45) is 21.3. The molecule has 0 unspecified atom stereocenters. The minimum absolute atomic E-state index is 0.161. The molecule has 0 amide bonds. The Kier molecular flexibility index (Phi) is 15.7. The van der Waals surface area contributed by atoms with E-state index in [-0.39, 0.29) is 18.4 Å². The third kappa shape index (κ3) is 14.7. The Hall–Kier alpha value is -1.90. The zero-order chi connectivity index (χ0) is 21.0. The van der Waals surface area contributed by atoms with Crippen LogP contribution in [-0.4, -0.2) is 18.4 Å². The standard InChI is InChI=1S/C26H40O3/c1-2-3-4-5-6-7-8-9-10-11-12-13-14-15-19-22-26(28)29-23-25(27)24-20-17-16-18-21-24/h14-18,20-21H,2-13,19,22-23H2,1H3. The van der Waals surface area contributed by atoms with E-state index in [1.807, 2.05) is 6.07 Å². The van der Waals surface area contributed by atoms with Gasteiger partial charge in [-0.2, -0.15) is 0 Å². The van der Waals surface area contributed by atoms with Gasteiger partial charge in [-0.25, -0.2) is 0 Å². The molecule has 29 heavy (non-hydrogen) atoms. The number of esters is 1. The highest BCUT2D eigenvalue weighted by Gasteiger charge is 2.08. The molecule has 1 rings (SSSR count). The van der Waals surface area contributed by atoms with Crippen LogP contribution >= 0.6 is 0 Å². The van der Waals surface area contributed by atoms with E-state index in [0.29, 0.717) is 18.4 Å². The summed E-state index contributed by atoms with van der Waals surface area (Å²) in [5.41, 5.74) is 0.576. The summed E-state index contributed by atoms with van der Waals surface area (Å²) in [5, 5.41) is 0. The van der Waals surface area contributed by atoms with Crippen molar-refractivity contribution in [2.75, 3.05) is 6.61 Å². The maximum absolute atomic E-state index is 11.9. The summed E-state index contributed by atoms with van der Waals surface area (Å²) >= 11 is 0. The number of allylic oxidation sites excluding steroid dienone is 2. The highest BCUT2D eigenvalue weighted by molar-refractivity contribution is 5.97. The van der Waals surface area contributed by atoms with E-state index < -0.39 is 0 Å². The molecule has 0 bridgehead atoms. The van der Waals surface area contributed by atoms with Crippen molar-refractivity contribution in [2.45, 2.75) is 96.8 Å². The lowest BCUT2D eigenvalue weighted by atomic mass is 10.1. The lowest BCUT2D eigenvalue weighted by Gasteiger charge is -2.03. The number of carbonyl (C=O) groups is 2. The van der Waals surface area contributed by atoms with Gasteiger partial charge in [0.05, 0.1) is 0 Å². The Morgan fingerprint density at radius 1 is 0.759 bits per heavy atom. The zero-order valence-electron chi connectivity index (χ0n) is 18.4. The van der Waals surface area contributed by atoms with Crippen LogP contribution in [0.25, 0.3) is 0 Å². The number of Topliss-reactive ketones (excluding diaryl/α,β-unsaturated/α-hetero) is 1. The average Bonchev–Trinajstić information content (AvgIpc) is 2.75. The fourth-order valence-electron chi connectivity index (χ4n) is 3.29. The van der Waals surface area contributed by atoms with Crippen molar-refractivity contribution in [3.8, 4) is 0 Å². The number of ether oxygens (including phenoxy) is 1. The van der Waals surface area contributed by atoms with Crippen molar-refractivity contribution in [2.24, 2.45) is 0 Å². The Morgan fingerprint density at radius 3 is 1.93 bits per heavy atom. The summed E-state index contributed by atoms with van der Waals surface area (Å²) in [4.78, 5) is 23.6. The van der Waals surface area contributed by atoms with Crippen molar-refractivity contribution < 1.29 is 14.3 Å². The van der Waals surface area contributed by atoms with Gasteiger partial charge in [0.15, 0.2) is 12.4 Å². The predicted molar refractivity (Wildman–Crippen MR) is 121 cm³/mol. The first-order valence-corrected chi connectivity index (χ1v) is 11.6. The molecular formula is C26H40O3. The molecule has 0 radical (unpaired) electrons. The number of carbonyl (C=O) groups excluding carboxylic acids is 2. The molecule has 0 aliphatic heterocycles. The van der Waals surface area contributed by atoms with Crippen molar-refractivity contribution in [1.29, 1.82) is 0 Å². The zero-order valence-corrected chi connectivity index (χ0v) is 18.4. The first kappa shape index (κ1) is 25.1. The Labute approximate surface area is 177 Å². The third-order valence-electron chi connectivity index (χ3n) is 5.12. The Morgan fingerprint density at radius 2 is 1.31 bits per heavy atom. The van der Waals surface area contributed by atoms with Crippen LogP contribution in [0.1, 0.15) is 107 Å². The van der Waals surface area contributed by atoms with E-state index in [1.165, 1.54) is 70.6 Å². The summed E-state index contributed by atoms with van der Waals surface area (Å²) in [7, 11) is 0. The molecule has 162 valence electrons. The van der Waals surface area contributed by atoms with Gasteiger partial charge in [-0.1, -0.05) is 114 Å². The van der Waals surface area contributed by atoms with E-state index in [1.54, 1.807) is 24.3 Å². The van der Waals surface area contributed by atoms with Crippen molar-refractivity contribution in [1.82, 2.24) is 0 Å². The van der Waals surface area contributed by atoms with Crippen LogP contribution in [-0.2, 0) is 9.53 Å². The van der Waals surface area contributed by atoms with Gasteiger partial charge < -0.3 is 4.74 Å². The summed E-state index contributed by atoms with van der Waals surface area (Å²) in [6.45, 7) is 2.09. The minimum atomic E-state index is -0.311. The molecule has 1 aromatic rings. The predicted octanol–water partition coefficient (Wildman–Crippen LogP) is 7.45. The van der Waals surface area contributed by atoms with Crippen LogP contribution in [0.5, 0.6) is 0 Å². The largest absolute Gasteiger partial charge is 0.457 e. The molecule has 0 N–H and O–H groups in total. The number of ketones is 1. The molecule has 0 aromatic heterocycles. The van der Waals surface area contributed by atoms with Crippen LogP contribution in [0, 0.1) is 0 Å². The number of benzene rings is 1. The van der Waals surface area contributed by atoms with Crippen molar-refractivity contribution in [3.05, 3.63) is 48.0 Å². The molecule has 0 saturated heterocycles. The van der Waals surface area contributed by atoms with Crippen LogP contribution < -0.4 is 0 Å². The Bertz CT molecular complexity index is 563. The van der Waals surface area contributed by atoms with Gasteiger partial charge in [-0.15, -0.1) is 0 Å². The molecule has 0 spiro atoms. The molecular weight excluding hydrogens is 360 g/mol. The van der Waals surface area contributed by atoms with Gasteiger partial charge in [0.1, 0.15) is 0 Å². The van der Waals surface area contributed by atoms with Gasteiger partial charge in [-0.3, -0.25) is 9.59 Å². The maximum Gasteiger partial charge on any atom is 0.306 e. The van der Waals surface area contributed by atoms with E-state index in [4.69, 9.17) is 4.74 Å². The molecule has 3 heteroatoms. The number of unbranched alkanes of at least 4 members (excludes halogenated alkanes) is 11. The van der Waals surface area contributed by atoms with Crippen LogP contribution in [0.15, 0.2) is 42.5 Å². The van der Waals surface area contributed by atoms with Gasteiger partial charge in [-0.05, 0) is 19.3 Å². The quantitative estimate of drug-likeness (QED) is 0.111. The van der Waals surface area contributed by atoms with Gasteiger partial charge in [0.25, 0.3) is 0 Å². The summed E-state index contributed by atoms with van der Waals surface area (Å²) in [5.74, 6) is -0.473. The molecule has 0 aliphatic carbocycles. The first-order chi connectivity index (χ1) is 14.2. The van der Waals surface area contributed by atoms with E-state index in [2.05, 4.69) is 19.1 Å². The highest BCUT2D eigenvalue weighted by atomic mass is 16.5. The smallest absolute Gasteiger partial charge is 0.306 e. The molecule has 0 fully saturated rings. The monoisotopic (exact) mass is 400 g/mol. The number of rotatable bonds is 18. The normalized spacial score (nSPS) is 11.1. The average molecular weight is 401 g/mol. The second kappa shape index (κ2) is 18.1. The fourth-order valence-corrected chi connectivity index (χ4v) is 3.29. The van der Waals surface area contributed by atoms with Crippen molar-refractivity contribution in [3.63, 3.8) is 0 Å². The molecule has 0 saturated carbocycles. The molecule has 0 aliphatic rings. The molecule has 0 heterocycles. The second-order valence-corrected chi connectivity index (χ2v) is 7.78. The SMILES string of the molecule is CCCCCCCCCCCCCC=CCCC(=O)OCC(=O)c1ccccc1. The van der Waals surface area contributed by atoms with E-state index in [9.17, 15) is 9.59 Å². The highest BCUT2D eigenvalue weighted by Crippen LogP contribution is 2.12. The fraction of sp³-hybridized carbons (Fsp3) is 0.615. The lowest BCUT2D eigenvalue weighted by molar-refractivity contribution is -0.142. The molecule has 3 nitrogen and oxygen atoms in total. The van der Waals surface area contributed by atoms with Gasteiger partial charge >= 0.3 is 5.97 Å². The van der Waals surface area contributed by atoms with Crippen LogP contribution in [0.2, 0.25) is 0 Å².